The summed E-state index contributed by atoms with van der Waals surface area (Å²) in [5, 5.41) is 0.578. The molecule has 0 aromatic carbocycles. The topological polar surface area (TPSA) is 30.0 Å². The number of carbonyl (C=O) groups is 1. The molecule has 112 valence electrons. The van der Waals surface area contributed by atoms with E-state index in [0.29, 0.717) is 16.0 Å². The van der Waals surface area contributed by atoms with Crippen LogP contribution in [0.15, 0.2) is 12.4 Å². The molecular weight excluding hydrogens is 270 g/mol. The van der Waals surface area contributed by atoms with Gasteiger partial charge in [0.1, 0.15) is 0 Å². The highest BCUT2D eigenvalue weighted by molar-refractivity contribution is 6.34. The first kappa shape index (κ1) is 17.2. The molecule has 1 heterocycles. The zero-order chi connectivity index (χ0) is 15.6. The number of hydrogen-bond donors (Lipinski definition) is 0. The van der Waals surface area contributed by atoms with E-state index in [1.807, 2.05) is 20.8 Å². The minimum atomic E-state index is -0.435. The maximum atomic E-state index is 12.3. The number of pyridine rings is 1. The van der Waals surface area contributed by atoms with Gasteiger partial charge in [0.15, 0.2) is 5.78 Å². The van der Waals surface area contributed by atoms with E-state index < -0.39 is 5.41 Å². The molecule has 0 unspecified atom stereocenters. The zero-order valence-corrected chi connectivity index (χ0v) is 14.3. The largest absolute Gasteiger partial charge is 0.293 e. The molecule has 0 radical (unpaired) electrons. The first-order valence-corrected chi connectivity index (χ1v) is 7.57. The van der Waals surface area contributed by atoms with Crippen molar-refractivity contribution in [3.8, 4) is 0 Å². The Morgan fingerprint density at radius 1 is 1.15 bits per heavy atom. The standard InChI is InChI=1S/C17H26ClNO/c1-16(2,3)9-7-8-12-10-19-11-13(14(12)18)15(20)17(4,5)6/h10-11H,7-9H2,1-6H3. The third kappa shape index (κ3) is 4.90. The molecule has 0 N–H and O–H groups in total. The summed E-state index contributed by atoms with van der Waals surface area (Å²) >= 11 is 6.40. The van der Waals surface area contributed by atoms with Crippen molar-refractivity contribution >= 4 is 17.4 Å². The molecule has 3 heteroatoms. The van der Waals surface area contributed by atoms with E-state index in [0.717, 1.165) is 24.8 Å². The molecule has 0 aliphatic rings. The number of ketones is 1. The molecule has 0 aliphatic carbocycles. The average molecular weight is 296 g/mol. The Balaban J connectivity index is 2.88. The molecule has 1 rings (SSSR count). The molecule has 0 fully saturated rings. The minimum Gasteiger partial charge on any atom is -0.293 e. The van der Waals surface area contributed by atoms with Crippen molar-refractivity contribution in [2.45, 2.75) is 60.8 Å². The predicted molar refractivity (Wildman–Crippen MR) is 85.4 cm³/mol. The number of Topliss-reactive ketones (excluding diaryl/α,β-unsaturated/α-hetero) is 1. The Kier molecular flexibility index (Phi) is 5.37. The summed E-state index contributed by atoms with van der Waals surface area (Å²) in [6.07, 6.45) is 6.42. The summed E-state index contributed by atoms with van der Waals surface area (Å²) in [6.45, 7) is 12.4. The number of aromatic nitrogens is 1. The van der Waals surface area contributed by atoms with Crippen LogP contribution in [0.5, 0.6) is 0 Å². The number of nitrogens with zero attached hydrogens (tertiary/aromatic N) is 1. The number of aryl methyl sites for hydroxylation is 1. The van der Waals surface area contributed by atoms with Gasteiger partial charge in [-0.05, 0) is 30.2 Å². The molecule has 0 aliphatic heterocycles. The molecule has 1 aromatic heterocycles. The Bertz CT molecular complexity index is 481. The SMILES string of the molecule is CC(C)(C)CCCc1cncc(C(=O)C(C)(C)C)c1Cl. The molecule has 0 amide bonds. The van der Waals surface area contributed by atoms with Crippen molar-refractivity contribution in [3.63, 3.8) is 0 Å². The fraction of sp³-hybridized carbons (Fsp3) is 0.647. The lowest BCUT2D eigenvalue weighted by molar-refractivity contribution is 0.0858. The van der Waals surface area contributed by atoms with Crippen molar-refractivity contribution in [2.75, 3.05) is 0 Å². The van der Waals surface area contributed by atoms with Crippen LogP contribution in [0.1, 0.15) is 70.3 Å². The van der Waals surface area contributed by atoms with Crippen LogP contribution >= 0.6 is 11.6 Å². The summed E-state index contributed by atoms with van der Waals surface area (Å²) < 4.78 is 0. The van der Waals surface area contributed by atoms with Crippen LogP contribution in [0.3, 0.4) is 0 Å². The van der Waals surface area contributed by atoms with E-state index in [-0.39, 0.29) is 5.78 Å². The highest BCUT2D eigenvalue weighted by Crippen LogP contribution is 2.29. The normalized spacial score (nSPS) is 12.6. The van der Waals surface area contributed by atoms with Gasteiger partial charge in [-0.1, -0.05) is 53.1 Å². The summed E-state index contributed by atoms with van der Waals surface area (Å²) in [5.41, 5.74) is 1.41. The molecule has 0 saturated heterocycles. The maximum absolute atomic E-state index is 12.3. The van der Waals surface area contributed by atoms with Crippen LogP contribution in [-0.2, 0) is 6.42 Å². The molecule has 0 saturated carbocycles. The highest BCUT2D eigenvalue weighted by atomic mass is 35.5. The smallest absolute Gasteiger partial charge is 0.171 e. The fourth-order valence-electron chi connectivity index (χ4n) is 2.03. The van der Waals surface area contributed by atoms with Crippen molar-refractivity contribution in [3.05, 3.63) is 28.5 Å². The van der Waals surface area contributed by atoms with E-state index >= 15 is 0 Å². The highest BCUT2D eigenvalue weighted by Gasteiger charge is 2.26. The van der Waals surface area contributed by atoms with E-state index in [1.54, 1.807) is 12.4 Å². The van der Waals surface area contributed by atoms with Gasteiger partial charge < -0.3 is 0 Å². The van der Waals surface area contributed by atoms with E-state index in [2.05, 4.69) is 25.8 Å². The second-order valence-electron chi connectivity index (χ2n) is 7.65. The summed E-state index contributed by atoms with van der Waals surface area (Å²) in [7, 11) is 0. The van der Waals surface area contributed by atoms with Gasteiger partial charge in [0.25, 0.3) is 0 Å². The summed E-state index contributed by atoms with van der Waals surface area (Å²) in [6, 6.07) is 0. The van der Waals surface area contributed by atoms with Gasteiger partial charge in [0.05, 0.1) is 10.6 Å². The van der Waals surface area contributed by atoms with Crippen molar-refractivity contribution < 1.29 is 4.79 Å². The Hall–Kier alpha value is -0.890. The van der Waals surface area contributed by atoms with Crippen LogP contribution < -0.4 is 0 Å². The third-order valence-electron chi connectivity index (χ3n) is 3.25. The molecule has 0 bridgehead atoms. The summed E-state index contributed by atoms with van der Waals surface area (Å²) in [4.78, 5) is 16.5. The Labute approximate surface area is 127 Å². The van der Waals surface area contributed by atoms with Gasteiger partial charge in [-0.25, -0.2) is 0 Å². The second-order valence-corrected chi connectivity index (χ2v) is 8.03. The van der Waals surface area contributed by atoms with Crippen LogP contribution in [-0.4, -0.2) is 10.8 Å². The Morgan fingerprint density at radius 3 is 2.25 bits per heavy atom. The number of hydrogen-bond acceptors (Lipinski definition) is 2. The quantitative estimate of drug-likeness (QED) is 0.702. The Morgan fingerprint density at radius 2 is 1.75 bits per heavy atom. The predicted octanol–water partition coefficient (Wildman–Crippen LogP) is 5.33. The minimum absolute atomic E-state index is 0.0488. The molecule has 0 spiro atoms. The summed E-state index contributed by atoms with van der Waals surface area (Å²) in [5.74, 6) is 0.0488. The van der Waals surface area contributed by atoms with Gasteiger partial charge in [0.2, 0.25) is 0 Å². The van der Waals surface area contributed by atoms with Crippen molar-refractivity contribution in [1.82, 2.24) is 4.98 Å². The van der Waals surface area contributed by atoms with Gasteiger partial charge >= 0.3 is 0 Å². The zero-order valence-electron chi connectivity index (χ0n) is 13.5. The van der Waals surface area contributed by atoms with Crippen molar-refractivity contribution in [2.24, 2.45) is 10.8 Å². The third-order valence-corrected chi connectivity index (χ3v) is 3.70. The van der Waals surface area contributed by atoms with Crippen LogP contribution in [0.2, 0.25) is 5.02 Å². The number of halogens is 1. The second kappa shape index (κ2) is 6.26. The maximum Gasteiger partial charge on any atom is 0.171 e. The molecular formula is C17H26ClNO. The lowest BCUT2D eigenvalue weighted by Crippen LogP contribution is -2.21. The van der Waals surface area contributed by atoms with Gasteiger partial charge in [0, 0.05) is 17.8 Å². The van der Waals surface area contributed by atoms with Crippen LogP contribution in [0.25, 0.3) is 0 Å². The molecule has 20 heavy (non-hydrogen) atoms. The van der Waals surface area contributed by atoms with Gasteiger partial charge in [-0.2, -0.15) is 0 Å². The monoisotopic (exact) mass is 295 g/mol. The van der Waals surface area contributed by atoms with Crippen LogP contribution in [0.4, 0.5) is 0 Å². The van der Waals surface area contributed by atoms with Crippen LogP contribution in [0, 0.1) is 10.8 Å². The lowest BCUT2D eigenvalue weighted by atomic mass is 9.86. The molecule has 0 atom stereocenters. The lowest BCUT2D eigenvalue weighted by Gasteiger charge is -2.19. The van der Waals surface area contributed by atoms with E-state index in [9.17, 15) is 4.79 Å². The first-order valence-electron chi connectivity index (χ1n) is 7.19. The van der Waals surface area contributed by atoms with E-state index in [1.165, 1.54) is 0 Å². The number of rotatable bonds is 4. The fourth-order valence-corrected chi connectivity index (χ4v) is 2.31. The molecule has 1 aromatic rings. The van der Waals surface area contributed by atoms with Crippen molar-refractivity contribution in [1.29, 1.82) is 0 Å². The van der Waals surface area contributed by atoms with Gasteiger partial charge in [-0.15, -0.1) is 0 Å². The first-order chi connectivity index (χ1) is 9.02. The number of carbonyl (C=O) groups excluding carboxylic acids is 1. The van der Waals surface area contributed by atoms with Gasteiger partial charge in [-0.3, -0.25) is 9.78 Å². The van der Waals surface area contributed by atoms with E-state index in [4.69, 9.17) is 11.6 Å². The average Bonchev–Trinajstić information content (AvgIpc) is 2.28. The molecule has 2 nitrogen and oxygen atoms in total.